The Morgan fingerprint density at radius 1 is 1.33 bits per heavy atom. The molecule has 1 amide bonds. The molecular weight excluding hydrogens is 461 g/mol. The van der Waals surface area contributed by atoms with E-state index in [1.165, 1.54) is 0 Å². The van der Waals surface area contributed by atoms with Crippen LogP contribution in [0.2, 0.25) is 0 Å². The molecule has 6 nitrogen and oxygen atoms in total. The predicted octanol–water partition coefficient (Wildman–Crippen LogP) is 2.80. The predicted molar refractivity (Wildman–Crippen MR) is 111 cm³/mol. The van der Waals surface area contributed by atoms with Crippen LogP contribution in [0.5, 0.6) is 0 Å². The summed E-state index contributed by atoms with van der Waals surface area (Å²) < 4.78 is 17.9. The van der Waals surface area contributed by atoms with E-state index in [1.54, 1.807) is 7.11 Å². The molecule has 3 atom stereocenters. The van der Waals surface area contributed by atoms with E-state index in [0.29, 0.717) is 26.2 Å². The third kappa shape index (κ3) is 6.44. The smallest absolute Gasteiger partial charge is 0.286 e. The standard InChI is InChI=1S/C20H28INO5/c1-3-26-20-16(5-4-11-23)17(14-6-8-15(21)9-7-14)13-18(27-20)19(24)22-10-12-25-2/h6-9,13,16-17,20,23H,3-5,10-12H2,1-2H3,(H,22,24)/t16-,17+,20+/m0/s1. The molecule has 150 valence electrons. The van der Waals surface area contributed by atoms with Crippen molar-refractivity contribution < 1.29 is 24.1 Å². The van der Waals surface area contributed by atoms with Crippen molar-refractivity contribution >= 4 is 28.5 Å². The molecule has 1 aromatic carbocycles. The molecule has 0 spiro atoms. The van der Waals surface area contributed by atoms with Crippen LogP contribution in [0.4, 0.5) is 0 Å². The number of ether oxygens (including phenoxy) is 3. The number of allylic oxidation sites excluding steroid dienone is 1. The molecule has 0 bridgehead atoms. The van der Waals surface area contributed by atoms with Gasteiger partial charge in [0, 0.05) is 42.3 Å². The first kappa shape index (κ1) is 22.1. The van der Waals surface area contributed by atoms with Crippen LogP contribution < -0.4 is 5.32 Å². The Kier molecular flexibility index (Phi) is 9.53. The Labute approximate surface area is 174 Å². The quantitative estimate of drug-likeness (QED) is 0.391. The van der Waals surface area contributed by atoms with Gasteiger partial charge in [0.25, 0.3) is 5.91 Å². The second-order valence-corrected chi connectivity index (χ2v) is 7.57. The Bertz CT molecular complexity index is 619. The maximum Gasteiger partial charge on any atom is 0.286 e. The van der Waals surface area contributed by atoms with Crippen molar-refractivity contribution in [3.05, 3.63) is 45.2 Å². The van der Waals surface area contributed by atoms with E-state index in [-0.39, 0.29) is 30.1 Å². The highest BCUT2D eigenvalue weighted by atomic mass is 127. The lowest BCUT2D eigenvalue weighted by atomic mass is 9.80. The van der Waals surface area contributed by atoms with Crippen LogP contribution in [0, 0.1) is 9.49 Å². The molecule has 7 heteroatoms. The molecule has 0 saturated heterocycles. The number of halogens is 1. The van der Waals surface area contributed by atoms with Gasteiger partial charge in [-0.25, -0.2) is 0 Å². The summed E-state index contributed by atoms with van der Waals surface area (Å²) in [6.45, 7) is 3.36. The van der Waals surface area contributed by atoms with Gasteiger partial charge in [0.2, 0.25) is 6.29 Å². The van der Waals surface area contributed by atoms with Gasteiger partial charge in [-0.15, -0.1) is 0 Å². The number of amides is 1. The highest BCUT2D eigenvalue weighted by molar-refractivity contribution is 14.1. The van der Waals surface area contributed by atoms with Crippen molar-refractivity contribution in [2.75, 3.05) is 33.5 Å². The number of methoxy groups -OCH3 is 1. The van der Waals surface area contributed by atoms with Gasteiger partial charge in [-0.3, -0.25) is 4.79 Å². The number of aliphatic hydroxyl groups excluding tert-OH is 1. The first-order chi connectivity index (χ1) is 13.1. The molecule has 1 heterocycles. The Balaban J connectivity index is 2.31. The lowest BCUT2D eigenvalue weighted by molar-refractivity contribution is -0.166. The lowest BCUT2D eigenvalue weighted by Gasteiger charge is -2.37. The summed E-state index contributed by atoms with van der Waals surface area (Å²) >= 11 is 2.27. The van der Waals surface area contributed by atoms with E-state index in [9.17, 15) is 9.90 Å². The maximum absolute atomic E-state index is 12.5. The van der Waals surface area contributed by atoms with E-state index in [2.05, 4.69) is 52.2 Å². The number of nitrogens with one attached hydrogen (secondary N) is 1. The normalized spacial score (nSPS) is 22.1. The van der Waals surface area contributed by atoms with Gasteiger partial charge in [0.1, 0.15) is 0 Å². The average Bonchev–Trinajstić information content (AvgIpc) is 2.67. The number of benzene rings is 1. The topological polar surface area (TPSA) is 77.0 Å². The molecule has 27 heavy (non-hydrogen) atoms. The highest BCUT2D eigenvalue weighted by Gasteiger charge is 2.37. The zero-order valence-electron chi connectivity index (χ0n) is 15.8. The van der Waals surface area contributed by atoms with Crippen LogP contribution in [0.3, 0.4) is 0 Å². The lowest BCUT2D eigenvalue weighted by Crippen LogP contribution is -2.39. The summed E-state index contributed by atoms with van der Waals surface area (Å²) in [5.41, 5.74) is 1.11. The van der Waals surface area contributed by atoms with E-state index >= 15 is 0 Å². The zero-order valence-corrected chi connectivity index (χ0v) is 18.0. The van der Waals surface area contributed by atoms with Gasteiger partial charge >= 0.3 is 0 Å². The maximum atomic E-state index is 12.5. The molecule has 0 unspecified atom stereocenters. The molecule has 0 saturated carbocycles. The van der Waals surface area contributed by atoms with Gasteiger partial charge in [-0.1, -0.05) is 12.1 Å². The largest absolute Gasteiger partial charge is 0.459 e. The third-order valence-electron chi connectivity index (χ3n) is 4.48. The van der Waals surface area contributed by atoms with Crippen molar-refractivity contribution in [3.63, 3.8) is 0 Å². The minimum Gasteiger partial charge on any atom is -0.459 e. The third-order valence-corrected chi connectivity index (χ3v) is 5.20. The first-order valence-electron chi connectivity index (χ1n) is 9.24. The fourth-order valence-corrected chi connectivity index (χ4v) is 3.54. The van der Waals surface area contributed by atoms with Crippen LogP contribution in [0.15, 0.2) is 36.1 Å². The number of hydrogen-bond donors (Lipinski definition) is 2. The fraction of sp³-hybridized carbons (Fsp3) is 0.550. The van der Waals surface area contributed by atoms with Crippen LogP contribution in [0.1, 0.15) is 31.2 Å². The van der Waals surface area contributed by atoms with E-state index in [1.807, 2.05) is 13.0 Å². The van der Waals surface area contributed by atoms with Gasteiger partial charge < -0.3 is 24.6 Å². The van der Waals surface area contributed by atoms with E-state index in [4.69, 9.17) is 14.2 Å². The number of hydrogen-bond acceptors (Lipinski definition) is 5. The van der Waals surface area contributed by atoms with Crippen molar-refractivity contribution in [1.29, 1.82) is 0 Å². The van der Waals surface area contributed by atoms with E-state index < -0.39 is 6.29 Å². The van der Waals surface area contributed by atoms with Crippen molar-refractivity contribution in [2.45, 2.75) is 32.0 Å². The van der Waals surface area contributed by atoms with Gasteiger partial charge in [0.15, 0.2) is 5.76 Å². The summed E-state index contributed by atoms with van der Waals surface area (Å²) in [5.74, 6) is -0.00376. The molecule has 0 aromatic heterocycles. The molecule has 1 aliphatic rings. The molecular formula is C20H28INO5. The summed E-state index contributed by atoms with van der Waals surface area (Å²) in [6, 6.07) is 8.25. The van der Waals surface area contributed by atoms with Crippen LogP contribution >= 0.6 is 22.6 Å². The number of carbonyl (C=O) groups excluding carboxylic acids is 1. The zero-order chi connectivity index (χ0) is 19.6. The van der Waals surface area contributed by atoms with E-state index in [0.717, 1.165) is 15.6 Å². The molecule has 0 aliphatic carbocycles. The minimum atomic E-state index is -0.529. The number of aliphatic hydroxyl groups is 1. The second kappa shape index (κ2) is 11.6. The Hall–Kier alpha value is -1.16. The Morgan fingerprint density at radius 3 is 2.70 bits per heavy atom. The SMILES string of the molecule is CCO[C@@H]1OC(C(=O)NCCOC)=C[C@H](c2ccc(I)cc2)[C@@H]1CCCO. The van der Waals surface area contributed by atoms with Gasteiger partial charge in [0.05, 0.1) is 6.61 Å². The molecule has 2 N–H and O–H groups in total. The van der Waals surface area contributed by atoms with Crippen molar-refractivity contribution in [1.82, 2.24) is 5.32 Å². The van der Waals surface area contributed by atoms with Crippen LogP contribution in [0.25, 0.3) is 0 Å². The fourth-order valence-electron chi connectivity index (χ4n) is 3.18. The average molecular weight is 489 g/mol. The Morgan fingerprint density at radius 2 is 2.07 bits per heavy atom. The molecule has 1 aliphatic heterocycles. The molecule has 0 radical (unpaired) electrons. The molecule has 0 fully saturated rings. The summed E-state index contributed by atoms with van der Waals surface area (Å²) in [4.78, 5) is 12.5. The summed E-state index contributed by atoms with van der Waals surface area (Å²) in [7, 11) is 1.59. The summed E-state index contributed by atoms with van der Waals surface area (Å²) in [5, 5.41) is 12.1. The first-order valence-corrected chi connectivity index (χ1v) is 10.3. The molecule has 2 rings (SSSR count). The summed E-state index contributed by atoms with van der Waals surface area (Å²) in [6.07, 6.45) is 2.75. The van der Waals surface area contributed by atoms with Gasteiger partial charge in [-0.2, -0.15) is 0 Å². The minimum absolute atomic E-state index is 0.0210. The van der Waals surface area contributed by atoms with Crippen molar-refractivity contribution in [3.8, 4) is 0 Å². The highest BCUT2D eigenvalue weighted by Crippen LogP contribution is 2.39. The van der Waals surface area contributed by atoms with Crippen LogP contribution in [-0.4, -0.2) is 50.8 Å². The monoisotopic (exact) mass is 489 g/mol. The van der Waals surface area contributed by atoms with Crippen molar-refractivity contribution in [2.24, 2.45) is 5.92 Å². The number of rotatable bonds is 10. The van der Waals surface area contributed by atoms with Crippen LogP contribution in [-0.2, 0) is 19.0 Å². The molecule has 1 aromatic rings. The second-order valence-electron chi connectivity index (χ2n) is 6.33. The number of carbonyl (C=O) groups is 1. The van der Waals surface area contributed by atoms with Gasteiger partial charge in [-0.05, 0) is 66.1 Å².